The number of likely N-dealkylation sites (N-methyl/N-ethyl adjacent to an activating group) is 1. The van der Waals surface area contributed by atoms with Crippen molar-refractivity contribution < 1.29 is 42.9 Å². The summed E-state index contributed by atoms with van der Waals surface area (Å²) in [4.78, 5) is 55.1. The number of anilines is 1. The molecule has 41 heavy (non-hydrogen) atoms. The van der Waals surface area contributed by atoms with Crippen LogP contribution in [0.5, 0.6) is 17.2 Å². The molecule has 0 atom stereocenters. The minimum Gasteiger partial charge on any atom is -0.481 e. The van der Waals surface area contributed by atoms with Gasteiger partial charge in [-0.15, -0.1) is 0 Å². The van der Waals surface area contributed by atoms with Gasteiger partial charge in [-0.25, -0.2) is 4.79 Å². The molecular weight excluding hydrogens is 532 g/mol. The van der Waals surface area contributed by atoms with E-state index in [1.165, 1.54) is 21.9 Å². The Kier molecular flexibility index (Phi) is 9.65. The zero-order chi connectivity index (χ0) is 30.5. The first-order valence-corrected chi connectivity index (χ1v) is 13.2. The van der Waals surface area contributed by atoms with E-state index >= 15 is 0 Å². The van der Waals surface area contributed by atoms with Crippen LogP contribution < -0.4 is 14.4 Å². The highest BCUT2D eigenvalue weighted by molar-refractivity contribution is 6.13. The quantitative estimate of drug-likeness (QED) is 0.408. The maximum absolute atomic E-state index is 14.1. The van der Waals surface area contributed by atoms with E-state index in [2.05, 4.69) is 0 Å². The van der Waals surface area contributed by atoms with Crippen LogP contribution in [0.3, 0.4) is 0 Å². The zero-order valence-electron chi connectivity index (χ0n) is 24.9. The monoisotopic (exact) mass is 570 g/mol. The number of hydrogen-bond acceptors (Lipinski definition) is 9. The number of carbonyl (C=O) groups is 4. The molecule has 0 saturated carbocycles. The number of rotatable bonds is 9. The van der Waals surface area contributed by atoms with E-state index in [0.717, 1.165) is 0 Å². The molecule has 0 N–H and O–H groups in total. The second-order valence-electron chi connectivity index (χ2n) is 11.5. The Hall–Kier alpha value is -4.12. The van der Waals surface area contributed by atoms with Crippen molar-refractivity contribution in [3.05, 3.63) is 47.5 Å². The zero-order valence-corrected chi connectivity index (χ0v) is 24.9. The third-order valence-electron chi connectivity index (χ3n) is 5.61. The van der Waals surface area contributed by atoms with Crippen LogP contribution in [0.4, 0.5) is 5.69 Å². The number of ether oxygens (including phenoxy) is 5. The summed E-state index contributed by atoms with van der Waals surface area (Å²) in [7, 11) is 3.18. The van der Waals surface area contributed by atoms with E-state index in [4.69, 9.17) is 23.7 Å². The van der Waals surface area contributed by atoms with Crippen LogP contribution in [0.15, 0.2) is 36.4 Å². The fourth-order valence-corrected chi connectivity index (χ4v) is 3.96. The maximum atomic E-state index is 14.1. The summed E-state index contributed by atoms with van der Waals surface area (Å²) in [6, 6.07) is 9.34. The van der Waals surface area contributed by atoms with Gasteiger partial charge in [0, 0.05) is 26.3 Å². The molecule has 2 amide bonds. The van der Waals surface area contributed by atoms with Gasteiger partial charge in [0.25, 0.3) is 11.8 Å². The van der Waals surface area contributed by atoms with Crippen LogP contribution in [-0.2, 0) is 23.8 Å². The van der Waals surface area contributed by atoms with Gasteiger partial charge in [-0.05, 0) is 71.9 Å². The third-order valence-corrected chi connectivity index (χ3v) is 5.61. The van der Waals surface area contributed by atoms with Crippen LogP contribution >= 0.6 is 0 Å². The number of fused-ring (bicyclic) bond motifs is 2. The van der Waals surface area contributed by atoms with Gasteiger partial charge in [-0.2, -0.15) is 0 Å². The minimum absolute atomic E-state index is 0.000839. The summed E-state index contributed by atoms with van der Waals surface area (Å²) < 4.78 is 27.7. The van der Waals surface area contributed by atoms with Crippen molar-refractivity contribution in [3.8, 4) is 17.2 Å². The van der Waals surface area contributed by atoms with Crippen molar-refractivity contribution in [2.75, 3.05) is 45.4 Å². The maximum Gasteiger partial charge on any atom is 0.344 e. The van der Waals surface area contributed by atoms with Gasteiger partial charge in [0.1, 0.15) is 34.8 Å². The number of nitrogens with zero attached hydrogens (tertiary/aromatic N) is 2. The molecule has 0 aromatic heterocycles. The average Bonchev–Trinajstić information content (AvgIpc) is 2.97. The van der Waals surface area contributed by atoms with Crippen molar-refractivity contribution in [2.24, 2.45) is 0 Å². The number of hydrogen-bond donors (Lipinski definition) is 0. The minimum atomic E-state index is -0.799. The van der Waals surface area contributed by atoms with E-state index in [1.54, 1.807) is 80.0 Å². The molecule has 1 heterocycles. The van der Waals surface area contributed by atoms with Gasteiger partial charge in [0.2, 0.25) is 0 Å². The molecule has 222 valence electrons. The fraction of sp³-hybridized carbons (Fsp3) is 0.467. The number of benzene rings is 2. The van der Waals surface area contributed by atoms with E-state index in [1.807, 2.05) is 0 Å². The fourth-order valence-electron chi connectivity index (χ4n) is 3.96. The molecule has 0 aliphatic carbocycles. The molecule has 0 fully saturated rings. The molecular formula is C30H38N2O9. The summed E-state index contributed by atoms with van der Waals surface area (Å²) >= 11 is 0. The van der Waals surface area contributed by atoms with E-state index in [9.17, 15) is 19.2 Å². The number of carbonyl (C=O) groups excluding carboxylic acids is 4. The molecule has 3 rings (SSSR count). The summed E-state index contributed by atoms with van der Waals surface area (Å²) in [5.41, 5.74) is -1.04. The van der Waals surface area contributed by atoms with Gasteiger partial charge in [0.15, 0.2) is 12.4 Å². The van der Waals surface area contributed by atoms with Crippen molar-refractivity contribution in [3.63, 3.8) is 0 Å². The predicted octanol–water partition coefficient (Wildman–Crippen LogP) is 4.22. The third kappa shape index (κ3) is 8.43. The van der Waals surface area contributed by atoms with Crippen LogP contribution in [0.2, 0.25) is 0 Å². The molecule has 0 spiro atoms. The van der Waals surface area contributed by atoms with E-state index < -0.39 is 42.2 Å². The van der Waals surface area contributed by atoms with Gasteiger partial charge in [-0.1, -0.05) is 6.07 Å². The number of amides is 2. The first-order chi connectivity index (χ1) is 19.1. The van der Waals surface area contributed by atoms with E-state index in [0.29, 0.717) is 13.2 Å². The van der Waals surface area contributed by atoms with Crippen LogP contribution in [-0.4, -0.2) is 80.3 Å². The van der Waals surface area contributed by atoms with Crippen LogP contribution in [0, 0.1) is 0 Å². The Labute approximate surface area is 240 Å². The first kappa shape index (κ1) is 31.4. The van der Waals surface area contributed by atoms with E-state index in [-0.39, 0.29) is 40.0 Å². The molecule has 0 unspecified atom stereocenters. The van der Waals surface area contributed by atoms with Gasteiger partial charge in [-0.3, -0.25) is 19.3 Å². The largest absolute Gasteiger partial charge is 0.481 e. The average molecular weight is 571 g/mol. The summed E-state index contributed by atoms with van der Waals surface area (Å²) in [6.45, 7) is 10.1. The lowest BCUT2D eigenvalue weighted by atomic mass is 10.1. The smallest absolute Gasteiger partial charge is 0.344 e. The Morgan fingerprint density at radius 3 is 2.22 bits per heavy atom. The molecule has 2 aromatic carbocycles. The second-order valence-corrected chi connectivity index (χ2v) is 11.5. The highest BCUT2D eigenvalue weighted by atomic mass is 16.6. The Morgan fingerprint density at radius 1 is 0.927 bits per heavy atom. The standard InChI is InChI=1S/C30H38N2O9/c1-29(2,3)40-24(33)17-32-20-16-19(27(35)31(7)14-15-37-8)12-13-21(20)39-23-11-9-10-22(26(23)28(32)36)38-18-25(34)41-30(4,5)6/h9-13,16H,14-15,17-18H2,1-8H3. The summed E-state index contributed by atoms with van der Waals surface area (Å²) in [5.74, 6) is -1.77. The highest BCUT2D eigenvalue weighted by Gasteiger charge is 2.34. The highest BCUT2D eigenvalue weighted by Crippen LogP contribution is 2.42. The molecule has 0 radical (unpaired) electrons. The summed E-state index contributed by atoms with van der Waals surface area (Å²) in [5, 5.41) is 0. The normalized spacial score (nSPS) is 12.9. The topological polar surface area (TPSA) is 121 Å². The van der Waals surface area contributed by atoms with Crippen molar-refractivity contribution in [2.45, 2.75) is 52.7 Å². The molecule has 11 nitrogen and oxygen atoms in total. The molecule has 11 heteroatoms. The number of esters is 2. The van der Waals surface area contributed by atoms with Crippen LogP contribution in [0.25, 0.3) is 0 Å². The second kappa shape index (κ2) is 12.6. The Morgan fingerprint density at radius 2 is 1.59 bits per heavy atom. The lowest BCUT2D eigenvalue weighted by Gasteiger charge is -2.26. The van der Waals surface area contributed by atoms with Crippen molar-refractivity contribution in [1.82, 2.24) is 4.90 Å². The molecule has 1 aliphatic rings. The van der Waals surface area contributed by atoms with Gasteiger partial charge in [0.05, 0.1) is 12.3 Å². The SMILES string of the molecule is COCCN(C)C(=O)c1ccc2c(c1)N(CC(=O)OC(C)(C)C)C(=O)c1c(OCC(=O)OC(C)(C)C)cccc1O2. The van der Waals surface area contributed by atoms with Crippen molar-refractivity contribution >= 4 is 29.4 Å². The number of methoxy groups -OCH3 is 1. The first-order valence-electron chi connectivity index (χ1n) is 13.2. The Bertz CT molecular complexity index is 1310. The van der Waals surface area contributed by atoms with Gasteiger partial charge >= 0.3 is 11.9 Å². The predicted molar refractivity (Wildman–Crippen MR) is 151 cm³/mol. The van der Waals surface area contributed by atoms with Crippen molar-refractivity contribution in [1.29, 1.82) is 0 Å². The lowest BCUT2D eigenvalue weighted by molar-refractivity contribution is -0.157. The van der Waals surface area contributed by atoms with Gasteiger partial charge < -0.3 is 28.6 Å². The summed E-state index contributed by atoms with van der Waals surface area (Å²) in [6.07, 6.45) is 0. The lowest BCUT2D eigenvalue weighted by Crippen LogP contribution is -2.39. The molecule has 2 aromatic rings. The van der Waals surface area contributed by atoms with Crippen LogP contribution in [0.1, 0.15) is 62.3 Å². The molecule has 1 aliphatic heterocycles. The Balaban J connectivity index is 2.04. The molecule has 0 bridgehead atoms. The molecule has 0 saturated heterocycles.